The molecule has 0 bridgehead atoms. The smallest absolute Gasteiger partial charge is 0.244 e. The molecule has 1 saturated heterocycles. The van der Waals surface area contributed by atoms with Crippen LogP contribution in [0.1, 0.15) is 11.1 Å². The number of aryl methyl sites for hydroxylation is 1. The fraction of sp³-hybridized carbons (Fsp3) is 0.444. The number of morpholine rings is 1. The predicted octanol–water partition coefficient (Wildman–Crippen LogP) is 1.02. The molecule has 1 fully saturated rings. The molecule has 6 heteroatoms. The first-order chi connectivity index (χ1) is 11.6. The summed E-state index contributed by atoms with van der Waals surface area (Å²) >= 11 is 0. The highest BCUT2D eigenvalue weighted by molar-refractivity contribution is 5.76. The molecule has 0 saturated carbocycles. The van der Waals surface area contributed by atoms with E-state index in [9.17, 15) is 9.90 Å². The highest BCUT2D eigenvalue weighted by Gasteiger charge is 2.38. The second-order valence-electron chi connectivity index (χ2n) is 6.37. The topological polar surface area (TPSA) is 67.6 Å². The standard InChI is InChI=1S/C18H23N3O3/c1-15-4-2-5-16(10-15)11-18(14-22)13-20(8-9-24-18)17(23)12-21-7-3-6-19-21/h2-7,10,22H,8-9,11-14H2,1H3/t18-/m0/s1. The Morgan fingerprint density at radius 1 is 1.42 bits per heavy atom. The highest BCUT2D eigenvalue weighted by Crippen LogP contribution is 2.24. The van der Waals surface area contributed by atoms with Crippen LogP contribution in [0.15, 0.2) is 42.7 Å². The molecule has 0 aliphatic carbocycles. The lowest BCUT2D eigenvalue weighted by Gasteiger charge is -2.42. The molecule has 1 aliphatic rings. The summed E-state index contributed by atoms with van der Waals surface area (Å²) in [5.74, 6) is -0.0101. The molecule has 1 amide bonds. The number of aliphatic hydroxyl groups is 1. The van der Waals surface area contributed by atoms with Crippen LogP contribution in [0.25, 0.3) is 0 Å². The minimum Gasteiger partial charge on any atom is -0.393 e. The number of benzene rings is 1. The predicted molar refractivity (Wildman–Crippen MR) is 89.5 cm³/mol. The normalized spacial score (nSPS) is 21.0. The Hall–Kier alpha value is -2.18. The van der Waals surface area contributed by atoms with Crippen molar-refractivity contribution in [2.75, 3.05) is 26.3 Å². The fourth-order valence-electron chi connectivity index (χ4n) is 3.14. The second-order valence-corrected chi connectivity index (χ2v) is 6.37. The van der Waals surface area contributed by atoms with Gasteiger partial charge in [0.05, 0.1) is 19.8 Å². The van der Waals surface area contributed by atoms with Crippen molar-refractivity contribution >= 4 is 5.91 Å². The third kappa shape index (κ3) is 3.83. The third-order valence-corrected chi connectivity index (χ3v) is 4.35. The van der Waals surface area contributed by atoms with Gasteiger partial charge in [0.15, 0.2) is 0 Å². The van der Waals surface area contributed by atoms with Gasteiger partial charge in [0.2, 0.25) is 5.91 Å². The maximum absolute atomic E-state index is 12.5. The van der Waals surface area contributed by atoms with Gasteiger partial charge in [0, 0.05) is 25.4 Å². The first kappa shape index (κ1) is 16.7. The summed E-state index contributed by atoms with van der Waals surface area (Å²) in [4.78, 5) is 14.3. The molecule has 0 radical (unpaired) electrons. The summed E-state index contributed by atoms with van der Waals surface area (Å²) in [6.45, 7) is 3.48. The van der Waals surface area contributed by atoms with Gasteiger partial charge in [-0.25, -0.2) is 0 Å². The molecule has 24 heavy (non-hydrogen) atoms. The molecule has 2 aromatic rings. The SMILES string of the molecule is Cc1cccc(C[C@@]2(CO)CN(C(=O)Cn3cccn3)CCO2)c1. The minimum absolute atomic E-state index is 0.0101. The van der Waals surface area contributed by atoms with E-state index in [-0.39, 0.29) is 19.1 Å². The van der Waals surface area contributed by atoms with Gasteiger partial charge < -0.3 is 14.7 Å². The van der Waals surface area contributed by atoms with Gasteiger partial charge in [-0.05, 0) is 18.6 Å². The van der Waals surface area contributed by atoms with E-state index >= 15 is 0 Å². The van der Waals surface area contributed by atoms with E-state index in [1.807, 2.05) is 25.1 Å². The summed E-state index contributed by atoms with van der Waals surface area (Å²) in [5, 5.41) is 14.0. The average molecular weight is 329 g/mol. The lowest BCUT2D eigenvalue weighted by Crippen LogP contribution is -2.57. The first-order valence-electron chi connectivity index (χ1n) is 8.16. The van der Waals surface area contributed by atoms with E-state index in [1.165, 1.54) is 5.56 Å². The molecular weight excluding hydrogens is 306 g/mol. The molecule has 1 aliphatic heterocycles. The minimum atomic E-state index is -0.744. The number of aromatic nitrogens is 2. The number of carbonyl (C=O) groups is 1. The van der Waals surface area contributed by atoms with Crippen LogP contribution in [0.2, 0.25) is 0 Å². The molecule has 0 unspecified atom stereocenters. The number of carbonyl (C=O) groups excluding carboxylic acids is 1. The molecule has 3 rings (SSSR count). The van der Waals surface area contributed by atoms with Crippen LogP contribution >= 0.6 is 0 Å². The molecule has 128 valence electrons. The van der Waals surface area contributed by atoms with Gasteiger partial charge in [-0.3, -0.25) is 9.48 Å². The van der Waals surface area contributed by atoms with E-state index < -0.39 is 5.60 Å². The molecule has 1 N–H and O–H groups in total. The van der Waals surface area contributed by atoms with Crippen molar-refractivity contribution in [2.24, 2.45) is 0 Å². The second kappa shape index (κ2) is 7.15. The van der Waals surface area contributed by atoms with E-state index in [0.29, 0.717) is 26.1 Å². The van der Waals surface area contributed by atoms with E-state index in [4.69, 9.17) is 4.74 Å². The molecule has 1 atom stereocenters. The number of ether oxygens (including phenoxy) is 1. The number of rotatable bonds is 5. The van der Waals surface area contributed by atoms with Crippen LogP contribution < -0.4 is 0 Å². The number of hydrogen-bond acceptors (Lipinski definition) is 4. The Balaban J connectivity index is 1.70. The Morgan fingerprint density at radius 2 is 2.29 bits per heavy atom. The molecule has 2 heterocycles. The van der Waals surface area contributed by atoms with E-state index in [1.54, 1.807) is 28.0 Å². The lowest BCUT2D eigenvalue weighted by molar-refractivity contribution is -0.158. The van der Waals surface area contributed by atoms with Gasteiger partial charge in [-0.15, -0.1) is 0 Å². The number of amides is 1. The van der Waals surface area contributed by atoms with Crippen LogP contribution in [0.4, 0.5) is 0 Å². The van der Waals surface area contributed by atoms with Crippen LogP contribution in [0, 0.1) is 6.92 Å². The molecule has 0 spiro atoms. The zero-order valence-corrected chi connectivity index (χ0v) is 13.9. The van der Waals surface area contributed by atoms with Crippen molar-refractivity contribution < 1.29 is 14.6 Å². The maximum atomic E-state index is 12.5. The Bertz CT molecular complexity index is 687. The molecular formula is C18H23N3O3. The Labute approximate surface area is 141 Å². The summed E-state index contributed by atoms with van der Waals surface area (Å²) in [6.07, 6.45) is 4.00. The number of nitrogens with zero attached hydrogens (tertiary/aromatic N) is 3. The van der Waals surface area contributed by atoms with E-state index in [2.05, 4.69) is 11.2 Å². The summed E-state index contributed by atoms with van der Waals surface area (Å²) in [6, 6.07) is 9.95. The number of hydrogen-bond donors (Lipinski definition) is 1. The van der Waals surface area contributed by atoms with Crippen molar-refractivity contribution in [1.29, 1.82) is 0 Å². The van der Waals surface area contributed by atoms with Gasteiger partial charge >= 0.3 is 0 Å². The highest BCUT2D eigenvalue weighted by atomic mass is 16.5. The van der Waals surface area contributed by atoms with Gasteiger partial charge in [-0.1, -0.05) is 29.8 Å². The number of aliphatic hydroxyl groups excluding tert-OH is 1. The van der Waals surface area contributed by atoms with Gasteiger partial charge in [0.1, 0.15) is 12.1 Å². The first-order valence-corrected chi connectivity index (χ1v) is 8.16. The van der Waals surface area contributed by atoms with Gasteiger partial charge in [0.25, 0.3) is 0 Å². The van der Waals surface area contributed by atoms with E-state index in [0.717, 1.165) is 5.56 Å². The van der Waals surface area contributed by atoms with Gasteiger partial charge in [-0.2, -0.15) is 5.10 Å². The van der Waals surface area contributed by atoms with Crippen LogP contribution in [0.5, 0.6) is 0 Å². The monoisotopic (exact) mass is 329 g/mol. The third-order valence-electron chi connectivity index (χ3n) is 4.35. The van der Waals surface area contributed by atoms with Crippen molar-refractivity contribution in [3.63, 3.8) is 0 Å². The van der Waals surface area contributed by atoms with Crippen molar-refractivity contribution in [3.8, 4) is 0 Å². The molecule has 1 aromatic heterocycles. The summed E-state index contributed by atoms with van der Waals surface area (Å²) in [5.41, 5.74) is 1.53. The quantitative estimate of drug-likeness (QED) is 0.889. The molecule has 1 aromatic carbocycles. The van der Waals surface area contributed by atoms with Crippen LogP contribution in [0.3, 0.4) is 0 Å². The Kier molecular flexibility index (Phi) is 4.97. The van der Waals surface area contributed by atoms with Crippen molar-refractivity contribution in [1.82, 2.24) is 14.7 Å². The van der Waals surface area contributed by atoms with Crippen LogP contribution in [-0.2, 0) is 22.5 Å². The lowest BCUT2D eigenvalue weighted by atomic mass is 9.92. The zero-order valence-electron chi connectivity index (χ0n) is 13.9. The van der Waals surface area contributed by atoms with Crippen molar-refractivity contribution in [3.05, 3.63) is 53.9 Å². The molecule has 6 nitrogen and oxygen atoms in total. The largest absolute Gasteiger partial charge is 0.393 e. The maximum Gasteiger partial charge on any atom is 0.244 e. The van der Waals surface area contributed by atoms with Crippen molar-refractivity contribution in [2.45, 2.75) is 25.5 Å². The summed E-state index contributed by atoms with van der Waals surface area (Å²) in [7, 11) is 0. The van der Waals surface area contributed by atoms with Crippen LogP contribution in [-0.4, -0.2) is 57.6 Å². The average Bonchev–Trinajstić information content (AvgIpc) is 3.08. The zero-order chi connectivity index (χ0) is 17.0. The summed E-state index contributed by atoms with van der Waals surface area (Å²) < 4.78 is 7.52. The fourth-order valence-corrected chi connectivity index (χ4v) is 3.14. The Morgan fingerprint density at radius 3 is 3.00 bits per heavy atom.